The summed E-state index contributed by atoms with van der Waals surface area (Å²) in [6.07, 6.45) is 4.69. The highest BCUT2D eigenvalue weighted by Gasteiger charge is 2.48. The number of hydrogen-bond donors (Lipinski definition) is 0. The lowest BCUT2D eigenvalue weighted by Crippen LogP contribution is -2.34. The van der Waals surface area contributed by atoms with Gasteiger partial charge in [0.1, 0.15) is 0 Å². The molecule has 2 aliphatic rings. The Balaban J connectivity index is 1.50. The first-order valence-electron chi connectivity index (χ1n) is 7.69. The molecule has 0 bridgehead atoms. The molecular weight excluding hydrogens is 310 g/mol. The van der Waals surface area contributed by atoms with Crippen molar-refractivity contribution < 1.29 is 9.59 Å². The lowest BCUT2D eigenvalue weighted by atomic mass is 9.86. The number of thiophene rings is 1. The Morgan fingerprint density at radius 3 is 2.78 bits per heavy atom. The van der Waals surface area contributed by atoms with E-state index in [2.05, 4.69) is 4.98 Å². The summed E-state index contributed by atoms with van der Waals surface area (Å²) in [5.41, 5.74) is 1.55. The van der Waals surface area contributed by atoms with E-state index in [9.17, 15) is 9.59 Å². The van der Waals surface area contributed by atoms with E-state index in [0.29, 0.717) is 31.6 Å². The van der Waals surface area contributed by atoms with Gasteiger partial charge < -0.3 is 9.80 Å². The van der Waals surface area contributed by atoms with E-state index in [1.54, 1.807) is 35.9 Å². The van der Waals surface area contributed by atoms with Gasteiger partial charge in [-0.3, -0.25) is 14.6 Å². The van der Waals surface area contributed by atoms with E-state index in [1.807, 2.05) is 26.6 Å². The van der Waals surface area contributed by atoms with Crippen molar-refractivity contribution >= 4 is 28.8 Å². The number of aromatic nitrogens is 1. The van der Waals surface area contributed by atoms with Gasteiger partial charge in [-0.25, -0.2) is 0 Å². The predicted octanol–water partition coefficient (Wildman–Crippen LogP) is 2.41. The standard InChI is InChI=1S/C17H17N3O2S/c21-15-9-17(12-20(15)14-3-8-23-10-14)4-7-19(11-17)16(22)13-1-5-18-6-2-13/h1-3,5-6,8,10H,4,7,9,11-12H2. The minimum atomic E-state index is -0.0955. The van der Waals surface area contributed by atoms with E-state index in [1.165, 1.54) is 0 Å². The molecule has 0 N–H and O–H groups in total. The van der Waals surface area contributed by atoms with Crippen molar-refractivity contribution in [2.24, 2.45) is 5.41 Å². The smallest absolute Gasteiger partial charge is 0.253 e. The van der Waals surface area contributed by atoms with Crippen LogP contribution in [-0.2, 0) is 4.79 Å². The maximum Gasteiger partial charge on any atom is 0.253 e. The van der Waals surface area contributed by atoms with E-state index in [4.69, 9.17) is 0 Å². The predicted molar refractivity (Wildman–Crippen MR) is 88.5 cm³/mol. The lowest BCUT2D eigenvalue weighted by Gasteiger charge is -2.23. The Labute approximate surface area is 138 Å². The van der Waals surface area contributed by atoms with Gasteiger partial charge in [-0.15, -0.1) is 0 Å². The van der Waals surface area contributed by atoms with Crippen LogP contribution in [0.2, 0.25) is 0 Å². The maximum absolute atomic E-state index is 12.6. The highest BCUT2D eigenvalue weighted by molar-refractivity contribution is 7.08. The average molecular weight is 327 g/mol. The van der Waals surface area contributed by atoms with Crippen molar-refractivity contribution in [3.05, 3.63) is 46.9 Å². The molecule has 0 saturated carbocycles. The fourth-order valence-corrected chi connectivity index (χ4v) is 4.24. The second kappa shape index (κ2) is 5.45. The third-order valence-corrected chi connectivity index (χ3v) is 5.46. The molecule has 2 aromatic rings. The van der Waals surface area contributed by atoms with Crippen molar-refractivity contribution in [1.29, 1.82) is 0 Å². The molecule has 6 heteroatoms. The van der Waals surface area contributed by atoms with Gasteiger partial charge in [0, 0.05) is 54.8 Å². The zero-order valence-electron chi connectivity index (χ0n) is 12.6. The molecule has 23 heavy (non-hydrogen) atoms. The van der Waals surface area contributed by atoms with Gasteiger partial charge in [0.25, 0.3) is 5.91 Å². The van der Waals surface area contributed by atoms with Crippen molar-refractivity contribution in [3.63, 3.8) is 0 Å². The van der Waals surface area contributed by atoms with Crippen LogP contribution in [0.1, 0.15) is 23.2 Å². The summed E-state index contributed by atoms with van der Waals surface area (Å²) in [5.74, 6) is 0.201. The molecule has 4 rings (SSSR count). The van der Waals surface area contributed by atoms with Gasteiger partial charge >= 0.3 is 0 Å². The first-order valence-corrected chi connectivity index (χ1v) is 8.63. The van der Waals surface area contributed by atoms with E-state index in [-0.39, 0.29) is 17.2 Å². The summed E-state index contributed by atoms with van der Waals surface area (Å²) >= 11 is 1.60. The minimum absolute atomic E-state index is 0.0331. The average Bonchev–Trinajstić information content (AvgIpc) is 3.29. The summed E-state index contributed by atoms with van der Waals surface area (Å²) in [7, 11) is 0. The number of anilines is 1. The van der Waals surface area contributed by atoms with Crippen LogP contribution in [0, 0.1) is 5.41 Å². The summed E-state index contributed by atoms with van der Waals surface area (Å²) in [5, 5.41) is 3.99. The van der Waals surface area contributed by atoms with Gasteiger partial charge in [0.2, 0.25) is 5.91 Å². The van der Waals surface area contributed by atoms with Gasteiger partial charge in [-0.05, 0) is 30.0 Å². The Bertz CT molecular complexity index is 732. The molecule has 2 aliphatic heterocycles. The summed E-state index contributed by atoms with van der Waals surface area (Å²) in [6.45, 7) is 2.08. The molecule has 0 radical (unpaired) electrons. The van der Waals surface area contributed by atoms with Crippen LogP contribution in [0.25, 0.3) is 0 Å². The molecule has 2 amide bonds. The van der Waals surface area contributed by atoms with Gasteiger partial charge in [0.15, 0.2) is 0 Å². The Morgan fingerprint density at radius 2 is 2.04 bits per heavy atom. The highest BCUT2D eigenvalue weighted by Crippen LogP contribution is 2.42. The quantitative estimate of drug-likeness (QED) is 0.851. The summed E-state index contributed by atoms with van der Waals surface area (Å²) in [6, 6.07) is 5.46. The monoisotopic (exact) mass is 327 g/mol. The highest BCUT2D eigenvalue weighted by atomic mass is 32.1. The number of carbonyl (C=O) groups excluding carboxylic acids is 2. The number of pyridine rings is 1. The third kappa shape index (κ3) is 2.53. The molecule has 2 saturated heterocycles. The molecule has 1 unspecified atom stereocenters. The zero-order valence-corrected chi connectivity index (χ0v) is 13.5. The number of hydrogen-bond acceptors (Lipinski definition) is 4. The molecule has 4 heterocycles. The van der Waals surface area contributed by atoms with Crippen LogP contribution >= 0.6 is 11.3 Å². The molecule has 1 spiro atoms. The summed E-state index contributed by atoms with van der Waals surface area (Å²) < 4.78 is 0. The van der Waals surface area contributed by atoms with Gasteiger partial charge in [-0.1, -0.05) is 0 Å². The largest absolute Gasteiger partial charge is 0.338 e. The fraction of sp³-hybridized carbons (Fsp3) is 0.353. The lowest BCUT2D eigenvalue weighted by molar-refractivity contribution is -0.117. The topological polar surface area (TPSA) is 53.5 Å². The second-order valence-corrected chi connectivity index (χ2v) is 7.13. The van der Waals surface area contributed by atoms with Crippen molar-refractivity contribution in [3.8, 4) is 0 Å². The zero-order chi connectivity index (χ0) is 15.9. The van der Waals surface area contributed by atoms with Crippen LogP contribution < -0.4 is 4.90 Å². The maximum atomic E-state index is 12.6. The first kappa shape index (κ1) is 14.4. The molecule has 0 aliphatic carbocycles. The van der Waals surface area contributed by atoms with Crippen LogP contribution in [0.3, 0.4) is 0 Å². The fourth-order valence-electron chi connectivity index (χ4n) is 3.60. The number of rotatable bonds is 2. The molecular formula is C17H17N3O2S. The van der Waals surface area contributed by atoms with Crippen molar-refractivity contribution in [1.82, 2.24) is 9.88 Å². The first-order chi connectivity index (χ1) is 11.2. The Kier molecular flexibility index (Phi) is 3.41. The number of amides is 2. The normalized spacial score (nSPS) is 23.9. The van der Waals surface area contributed by atoms with Crippen LogP contribution in [0.4, 0.5) is 5.69 Å². The Morgan fingerprint density at radius 1 is 1.22 bits per heavy atom. The third-order valence-electron chi connectivity index (χ3n) is 4.79. The van der Waals surface area contributed by atoms with Crippen molar-refractivity contribution in [2.75, 3.05) is 24.5 Å². The molecule has 2 aromatic heterocycles. The number of nitrogens with zero attached hydrogens (tertiary/aromatic N) is 3. The van der Waals surface area contributed by atoms with Crippen LogP contribution in [-0.4, -0.2) is 41.3 Å². The number of likely N-dealkylation sites (tertiary alicyclic amines) is 1. The van der Waals surface area contributed by atoms with Crippen molar-refractivity contribution in [2.45, 2.75) is 12.8 Å². The molecule has 5 nitrogen and oxygen atoms in total. The second-order valence-electron chi connectivity index (χ2n) is 6.35. The minimum Gasteiger partial charge on any atom is -0.338 e. The van der Waals surface area contributed by atoms with Crippen LogP contribution in [0.15, 0.2) is 41.4 Å². The van der Waals surface area contributed by atoms with E-state index in [0.717, 1.165) is 12.1 Å². The number of carbonyl (C=O) groups is 2. The van der Waals surface area contributed by atoms with Crippen LogP contribution in [0.5, 0.6) is 0 Å². The molecule has 1 atom stereocenters. The molecule has 2 fully saturated rings. The summed E-state index contributed by atoms with van der Waals surface area (Å²) in [4.78, 5) is 32.7. The van der Waals surface area contributed by atoms with E-state index >= 15 is 0 Å². The van der Waals surface area contributed by atoms with Gasteiger partial charge in [-0.2, -0.15) is 11.3 Å². The SMILES string of the molecule is O=C(c1ccncc1)N1CCC2(CC(=O)N(c3ccsc3)C2)C1. The molecule has 118 valence electrons. The Hall–Kier alpha value is -2.21. The van der Waals surface area contributed by atoms with E-state index < -0.39 is 0 Å². The molecule has 0 aromatic carbocycles. The van der Waals surface area contributed by atoms with Gasteiger partial charge in [0.05, 0.1) is 5.69 Å².